The van der Waals surface area contributed by atoms with Gasteiger partial charge in [-0.1, -0.05) is 25.6 Å². The quantitative estimate of drug-likeness (QED) is 0.677. The van der Waals surface area contributed by atoms with Gasteiger partial charge in [-0.15, -0.1) is 0 Å². The van der Waals surface area contributed by atoms with Gasteiger partial charge in [0.1, 0.15) is 5.75 Å². The zero-order valence-corrected chi connectivity index (χ0v) is 9.88. The van der Waals surface area contributed by atoms with E-state index in [1.54, 1.807) is 0 Å². The summed E-state index contributed by atoms with van der Waals surface area (Å²) in [4.78, 5) is 0.0104. The van der Waals surface area contributed by atoms with Gasteiger partial charge in [-0.3, -0.25) is 0 Å². The first-order valence-corrected chi connectivity index (χ1v) is 6.65. The SMILES string of the molecule is CC1(CNS(=O)(=O)CC(N)=S)CCC1. The van der Waals surface area contributed by atoms with E-state index in [1.807, 2.05) is 0 Å². The van der Waals surface area contributed by atoms with Crippen molar-refractivity contribution in [1.82, 2.24) is 4.72 Å². The molecule has 0 saturated heterocycles. The third-order valence-electron chi connectivity index (χ3n) is 2.61. The molecule has 3 N–H and O–H groups in total. The smallest absolute Gasteiger partial charge is 0.218 e. The largest absolute Gasteiger partial charge is 0.392 e. The second-order valence-corrected chi connectivity index (χ2v) is 6.54. The van der Waals surface area contributed by atoms with Gasteiger partial charge in [-0.2, -0.15) is 0 Å². The second-order valence-electron chi connectivity index (χ2n) is 4.21. The molecule has 0 heterocycles. The minimum absolute atomic E-state index is 0.0104. The molecule has 0 amide bonds. The highest BCUT2D eigenvalue weighted by atomic mass is 32.2. The Kier molecular flexibility index (Phi) is 3.49. The predicted octanol–water partition coefficient (Wildman–Crippen LogP) is 0.382. The van der Waals surface area contributed by atoms with E-state index in [0.29, 0.717) is 6.54 Å². The van der Waals surface area contributed by atoms with Crippen molar-refractivity contribution in [2.24, 2.45) is 11.1 Å². The lowest BCUT2D eigenvalue weighted by Gasteiger charge is -2.38. The average Bonchev–Trinajstić information content (AvgIpc) is 1.95. The standard InChI is InChI=1S/C8H16N2O2S2/c1-8(3-2-4-8)6-10-14(11,12)5-7(9)13/h10H,2-6H2,1H3,(H2,9,13). The molecule has 0 radical (unpaired) electrons. The number of nitrogens with one attached hydrogen (secondary N) is 1. The van der Waals surface area contributed by atoms with Crippen molar-refractivity contribution in [2.75, 3.05) is 12.3 Å². The lowest BCUT2D eigenvalue weighted by atomic mass is 9.71. The zero-order chi connectivity index (χ0) is 10.8. The summed E-state index contributed by atoms with van der Waals surface area (Å²) in [5.74, 6) is -0.252. The molecule has 0 aliphatic heterocycles. The molecule has 0 atom stereocenters. The highest BCUT2D eigenvalue weighted by Crippen LogP contribution is 2.39. The van der Waals surface area contributed by atoms with Crippen LogP contribution < -0.4 is 10.5 Å². The van der Waals surface area contributed by atoms with E-state index in [1.165, 1.54) is 6.42 Å². The molecule has 0 aromatic heterocycles. The molecule has 1 saturated carbocycles. The van der Waals surface area contributed by atoms with E-state index in [0.717, 1.165) is 12.8 Å². The molecule has 0 spiro atoms. The van der Waals surface area contributed by atoms with Crippen LogP contribution in [0.1, 0.15) is 26.2 Å². The highest BCUT2D eigenvalue weighted by Gasteiger charge is 2.32. The van der Waals surface area contributed by atoms with Crippen LogP contribution in [0.3, 0.4) is 0 Å². The Labute approximate surface area is 90.3 Å². The van der Waals surface area contributed by atoms with Gasteiger partial charge in [0.15, 0.2) is 0 Å². The Bertz CT molecular complexity index is 320. The van der Waals surface area contributed by atoms with E-state index in [9.17, 15) is 8.42 Å². The van der Waals surface area contributed by atoms with Gasteiger partial charge in [0, 0.05) is 6.54 Å². The van der Waals surface area contributed by atoms with Gasteiger partial charge in [0.05, 0.1) is 4.99 Å². The first kappa shape index (κ1) is 11.9. The molecule has 0 unspecified atom stereocenters. The summed E-state index contributed by atoms with van der Waals surface area (Å²) in [5, 5.41) is 0. The van der Waals surface area contributed by atoms with Crippen molar-refractivity contribution in [2.45, 2.75) is 26.2 Å². The number of nitrogens with two attached hydrogens (primary N) is 1. The normalized spacial score (nSPS) is 20.1. The summed E-state index contributed by atoms with van der Waals surface area (Å²) in [6.45, 7) is 2.58. The molecule has 1 fully saturated rings. The zero-order valence-electron chi connectivity index (χ0n) is 8.25. The monoisotopic (exact) mass is 236 g/mol. The number of thiocarbonyl (C=S) groups is 1. The van der Waals surface area contributed by atoms with Gasteiger partial charge in [-0.25, -0.2) is 13.1 Å². The molecule has 0 bridgehead atoms. The molecule has 4 nitrogen and oxygen atoms in total. The van der Waals surface area contributed by atoms with Crippen molar-refractivity contribution in [1.29, 1.82) is 0 Å². The molecular weight excluding hydrogens is 220 g/mol. The molecule has 6 heteroatoms. The molecule has 14 heavy (non-hydrogen) atoms. The predicted molar refractivity (Wildman–Crippen MR) is 60.5 cm³/mol. The van der Waals surface area contributed by atoms with Crippen LogP contribution in [0.5, 0.6) is 0 Å². The van der Waals surface area contributed by atoms with Crippen LogP contribution in [0.15, 0.2) is 0 Å². The van der Waals surface area contributed by atoms with Gasteiger partial charge >= 0.3 is 0 Å². The van der Waals surface area contributed by atoms with E-state index in [4.69, 9.17) is 5.73 Å². The van der Waals surface area contributed by atoms with Gasteiger partial charge < -0.3 is 5.73 Å². The highest BCUT2D eigenvalue weighted by molar-refractivity contribution is 7.92. The summed E-state index contributed by atoms with van der Waals surface area (Å²) in [6, 6.07) is 0. The first-order chi connectivity index (χ1) is 6.33. The van der Waals surface area contributed by atoms with Crippen LogP contribution in [-0.4, -0.2) is 25.7 Å². The fraction of sp³-hybridized carbons (Fsp3) is 0.875. The number of hydrogen-bond donors (Lipinski definition) is 2. The minimum Gasteiger partial charge on any atom is -0.392 e. The van der Waals surface area contributed by atoms with Crippen LogP contribution in [0.2, 0.25) is 0 Å². The van der Waals surface area contributed by atoms with Gasteiger partial charge in [0.2, 0.25) is 10.0 Å². The fourth-order valence-electron chi connectivity index (χ4n) is 1.48. The Morgan fingerprint density at radius 3 is 2.50 bits per heavy atom. The Balaban J connectivity index is 2.40. The Morgan fingerprint density at radius 2 is 2.14 bits per heavy atom. The molecule has 0 aromatic rings. The van der Waals surface area contributed by atoms with E-state index >= 15 is 0 Å². The molecule has 1 rings (SSSR count). The van der Waals surface area contributed by atoms with Crippen LogP contribution >= 0.6 is 12.2 Å². The van der Waals surface area contributed by atoms with Crippen LogP contribution in [0.4, 0.5) is 0 Å². The molecule has 82 valence electrons. The summed E-state index contributed by atoms with van der Waals surface area (Å²) in [7, 11) is -3.31. The van der Waals surface area contributed by atoms with E-state index in [-0.39, 0.29) is 16.2 Å². The van der Waals surface area contributed by atoms with Crippen molar-refractivity contribution < 1.29 is 8.42 Å². The third-order valence-corrected chi connectivity index (χ3v) is 4.21. The Hall–Kier alpha value is -0.200. The van der Waals surface area contributed by atoms with Crippen molar-refractivity contribution in [3.8, 4) is 0 Å². The van der Waals surface area contributed by atoms with Gasteiger partial charge in [-0.05, 0) is 18.3 Å². The maximum Gasteiger partial charge on any atom is 0.218 e. The summed E-state index contributed by atoms with van der Waals surface area (Å²) in [5.41, 5.74) is 5.32. The van der Waals surface area contributed by atoms with Crippen LogP contribution in [-0.2, 0) is 10.0 Å². The maximum atomic E-state index is 11.3. The molecule has 0 aromatic carbocycles. The third kappa shape index (κ3) is 3.51. The van der Waals surface area contributed by atoms with E-state index in [2.05, 4.69) is 23.9 Å². The maximum absolute atomic E-state index is 11.3. The van der Waals surface area contributed by atoms with Gasteiger partial charge in [0.25, 0.3) is 0 Å². The van der Waals surface area contributed by atoms with Crippen LogP contribution in [0, 0.1) is 5.41 Å². The lowest BCUT2D eigenvalue weighted by molar-refractivity contribution is 0.166. The number of sulfonamides is 1. The summed E-state index contributed by atoms with van der Waals surface area (Å²) < 4.78 is 25.2. The topological polar surface area (TPSA) is 72.2 Å². The number of hydrogen-bond acceptors (Lipinski definition) is 3. The average molecular weight is 236 g/mol. The van der Waals surface area contributed by atoms with Crippen molar-refractivity contribution >= 4 is 27.2 Å². The first-order valence-electron chi connectivity index (χ1n) is 4.59. The van der Waals surface area contributed by atoms with Crippen molar-refractivity contribution in [3.63, 3.8) is 0 Å². The fourth-order valence-corrected chi connectivity index (χ4v) is 2.99. The van der Waals surface area contributed by atoms with E-state index < -0.39 is 10.0 Å². The second kappa shape index (κ2) is 4.12. The minimum atomic E-state index is -3.31. The lowest BCUT2D eigenvalue weighted by Crippen LogP contribution is -2.42. The summed E-state index contributed by atoms with van der Waals surface area (Å²) in [6.07, 6.45) is 3.36. The Morgan fingerprint density at radius 1 is 1.57 bits per heavy atom. The molecule has 1 aliphatic rings. The van der Waals surface area contributed by atoms with Crippen LogP contribution in [0.25, 0.3) is 0 Å². The number of rotatable bonds is 5. The van der Waals surface area contributed by atoms with Crippen molar-refractivity contribution in [3.05, 3.63) is 0 Å². The summed E-state index contributed by atoms with van der Waals surface area (Å²) >= 11 is 4.55. The molecular formula is C8H16N2O2S2. The molecule has 1 aliphatic carbocycles.